The lowest BCUT2D eigenvalue weighted by atomic mass is 10.1. The zero-order valence-electron chi connectivity index (χ0n) is 10.1. The number of ether oxygens (including phenoxy) is 1. The molecule has 0 spiro atoms. The molecule has 16 heavy (non-hydrogen) atoms. The lowest BCUT2D eigenvalue weighted by Crippen LogP contribution is -2.47. The minimum atomic E-state index is 0.138. The Morgan fingerprint density at radius 2 is 2.06 bits per heavy atom. The second-order valence-electron chi connectivity index (χ2n) is 4.29. The highest BCUT2D eigenvalue weighted by Crippen LogP contribution is 2.08. The maximum absolute atomic E-state index is 8.95. The van der Waals surface area contributed by atoms with E-state index in [0.29, 0.717) is 25.2 Å². The van der Waals surface area contributed by atoms with Crippen LogP contribution in [0.25, 0.3) is 0 Å². The summed E-state index contributed by atoms with van der Waals surface area (Å²) in [7, 11) is 0. The van der Waals surface area contributed by atoms with Gasteiger partial charge in [-0.25, -0.2) is 0 Å². The summed E-state index contributed by atoms with van der Waals surface area (Å²) in [5.74, 6) is 0. The zero-order chi connectivity index (χ0) is 11.8. The van der Waals surface area contributed by atoms with Gasteiger partial charge in [-0.05, 0) is 13.3 Å². The second kappa shape index (κ2) is 7.97. The molecule has 1 fully saturated rings. The van der Waals surface area contributed by atoms with Gasteiger partial charge in [-0.3, -0.25) is 4.90 Å². The Labute approximate surface area is 97.4 Å². The van der Waals surface area contributed by atoms with Gasteiger partial charge in [0.05, 0.1) is 26.4 Å². The van der Waals surface area contributed by atoms with Crippen molar-refractivity contribution in [2.45, 2.75) is 25.4 Å². The van der Waals surface area contributed by atoms with Crippen LogP contribution in [0.5, 0.6) is 0 Å². The predicted octanol–water partition coefficient (Wildman–Crippen LogP) is -0.960. The molecule has 0 saturated carbocycles. The zero-order valence-corrected chi connectivity index (χ0v) is 10.1. The third kappa shape index (κ3) is 4.76. The fourth-order valence-corrected chi connectivity index (χ4v) is 2.14. The van der Waals surface area contributed by atoms with Crippen LogP contribution in [0.2, 0.25) is 0 Å². The molecule has 0 amide bonds. The highest BCUT2D eigenvalue weighted by Gasteiger charge is 2.20. The van der Waals surface area contributed by atoms with Crippen molar-refractivity contribution in [3.05, 3.63) is 0 Å². The van der Waals surface area contributed by atoms with Crippen molar-refractivity contribution in [3.63, 3.8) is 0 Å². The molecule has 1 saturated heterocycles. The molecule has 3 N–H and O–H groups in total. The summed E-state index contributed by atoms with van der Waals surface area (Å²) in [6.45, 7) is 6.11. The van der Waals surface area contributed by atoms with Crippen molar-refractivity contribution in [2.75, 3.05) is 46.1 Å². The molecule has 2 unspecified atom stereocenters. The van der Waals surface area contributed by atoms with Crippen molar-refractivity contribution in [1.82, 2.24) is 10.2 Å². The molecule has 0 aromatic carbocycles. The molecule has 0 bridgehead atoms. The van der Waals surface area contributed by atoms with E-state index in [4.69, 9.17) is 14.9 Å². The molecule has 0 aromatic heterocycles. The highest BCUT2D eigenvalue weighted by molar-refractivity contribution is 4.77. The van der Waals surface area contributed by atoms with Crippen LogP contribution in [0.15, 0.2) is 0 Å². The lowest BCUT2D eigenvalue weighted by Gasteiger charge is -2.32. The first-order valence-corrected chi connectivity index (χ1v) is 6.04. The van der Waals surface area contributed by atoms with Gasteiger partial charge in [0.15, 0.2) is 0 Å². The Hall–Kier alpha value is -0.200. The minimum absolute atomic E-state index is 0.138. The highest BCUT2D eigenvalue weighted by atomic mass is 16.5. The minimum Gasteiger partial charge on any atom is -0.395 e. The number of aliphatic hydroxyl groups excluding tert-OH is 2. The molecule has 2 atom stereocenters. The molecule has 5 nitrogen and oxygen atoms in total. The quantitative estimate of drug-likeness (QED) is 0.528. The van der Waals surface area contributed by atoms with Crippen LogP contribution in [-0.4, -0.2) is 73.3 Å². The van der Waals surface area contributed by atoms with Crippen molar-refractivity contribution in [3.8, 4) is 0 Å². The van der Waals surface area contributed by atoms with E-state index in [1.165, 1.54) is 0 Å². The molecular weight excluding hydrogens is 208 g/mol. The predicted molar refractivity (Wildman–Crippen MR) is 62.4 cm³/mol. The second-order valence-corrected chi connectivity index (χ2v) is 4.29. The monoisotopic (exact) mass is 232 g/mol. The van der Waals surface area contributed by atoms with Gasteiger partial charge in [0, 0.05) is 31.7 Å². The van der Waals surface area contributed by atoms with Crippen LogP contribution in [0.1, 0.15) is 13.3 Å². The van der Waals surface area contributed by atoms with Gasteiger partial charge in [0.2, 0.25) is 0 Å². The van der Waals surface area contributed by atoms with Crippen LogP contribution in [0.4, 0.5) is 0 Å². The van der Waals surface area contributed by atoms with Crippen LogP contribution in [0, 0.1) is 0 Å². The number of rotatable bonds is 7. The summed E-state index contributed by atoms with van der Waals surface area (Å²) >= 11 is 0. The maximum Gasteiger partial charge on any atom is 0.0620 e. The number of nitrogens with zero attached hydrogens (tertiary/aromatic N) is 1. The van der Waals surface area contributed by atoms with E-state index in [-0.39, 0.29) is 13.2 Å². The standard InChI is InChI=1S/C11H24N2O3/c1-10(13(3-5-14)4-6-15)8-11-9-16-7-2-12-11/h10-12,14-15H,2-9H2,1H3. The van der Waals surface area contributed by atoms with Crippen molar-refractivity contribution < 1.29 is 14.9 Å². The van der Waals surface area contributed by atoms with Gasteiger partial charge >= 0.3 is 0 Å². The van der Waals surface area contributed by atoms with Crippen LogP contribution in [-0.2, 0) is 4.74 Å². The summed E-state index contributed by atoms with van der Waals surface area (Å²) in [5.41, 5.74) is 0. The topological polar surface area (TPSA) is 65.0 Å². The van der Waals surface area contributed by atoms with E-state index in [1.807, 2.05) is 0 Å². The maximum atomic E-state index is 8.95. The van der Waals surface area contributed by atoms with Crippen LogP contribution in [0.3, 0.4) is 0 Å². The van der Waals surface area contributed by atoms with Crippen molar-refractivity contribution in [1.29, 1.82) is 0 Å². The van der Waals surface area contributed by atoms with Gasteiger partial charge in [0.1, 0.15) is 0 Å². The first kappa shape index (κ1) is 13.9. The van der Waals surface area contributed by atoms with E-state index in [9.17, 15) is 0 Å². The van der Waals surface area contributed by atoms with E-state index in [1.54, 1.807) is 0 Å². The summed E-state index contributed by atoms with van der Waals surface area (Å²) in [4.78, 5) is 2.11. The van der Waals surface area contributed by atoms with E-state index in [0.717, 1.165) is 26.2 Å². The third-order valence-electron chi connectivity index (χ3n) is 3.02. The van der Waals surface area contributed by atoms with Gasteiger partial charge in [-0.1, -0.05) is 0 Å². The summed E-state index contributed by atoms with van der Waals surface area (Å²) in [6, 6.07) is 0.738. The third-order valence-corrected chi connectivity index (χ3v) is 3.02. The first-order chi connectivity index (χ1) is 7.77. The molecule has 1 aliphatic heterocycles. The SMILES string of the molecule is CC(CC1COCCN1)N(CCO)CCO. The molecule has 1 aliphatic rings. The fourth-order valence-electron chi connectivity index (χ4n) is 2.14. The molecule has 1 rings (SSSR count). The molecular formula is C11H24N2O3. The largest absolute Gasteiger partial charge is 0.395 e. The van der Waals surface area contributed by atoms with E-state index in [2.05, 4.69) is 17.1 Å². The van der Waals surface area contributed by atoms with E-state index >= 15 is 0 Å². The average Bonchev–Trinajstić information content (AvgIpc) is 2.30. The van der Waals surface area contributed by atoms with Gasteiger partial charge in [0.25, 0.3) is 0 Å². The first-order valence-electron chi connectivity index (χ1n) is 6.04. The Balaban J connectivity index is 2.31. The smallest absolute Gasteiger partial charge is 0.0620 e. The fraction of sp³-hybridized carbons (Fsp3) is 1.00. The molecule has 0 aromatic rings. The van der Waals surface area contributed by atoms with E-state index < -0.39 is 0 Å². The van der Waals surface area contributed by atoms with Gasteiger partial charge in [-0.15, -0.1) is 0 Å². The molecule has 0 aliphatic carbocycles. The molecule has 5 heteroatoms. The molecule has 0 radical (unpaired) electrons. The molecule has 96 valence electrons. The van der Waals surface area contributed by atoms with Gasteiger partial charge in [-0.2, -0.15) is 0 Å². The number of hydrogen-bond acceptors (Lipinski definition) is 5. The number of nitrogens with one attached hydrogen (secondary N) is 1. The Morgan fingerprint density at radius 3 is 2.56 bits per heavy atom. The Kier molecular flexibility index (Phi) is 6.91. The van der Waals surface area contributed by atoms with Crippen molar-refractivity contribution in [2.24, 2.45) is 0 Å². The number of aliphatic hydroxyl groups is 2. The Bertz CT molecular complexity index is 169. The summed E-state index contributed by atoms with van der Waals surface area (Å²) in [6.07, 6.45) is 0.986. The lowest BCUT2D eigenvalue weighted by molar-refractivity contribution is 0.0563. The van der Waals surface area contributed by atoms with Crippen LogP contribution >= 0.6 is 0 Å². The molecule has 1 heterocycles. The van der Waals surface area contributed by atoms with Gasteiger partial charge < -0.3 is 20.3 Å². The number of morpholine rings is 1. The van der Waals surface area contributed by atoms with Crippen LogP contribution < -0.4 is 5.32 Å². The van der Waals surface area contributed by atoms with Crippen molar-refractivity contribution >= 4 is 0 Å². The Morgan fingerprint density at radius 1 is 1.38 bits per heavy atom. The summed E-state index contributed by atoms with van der Waals surface area (Å²) in [5, 5.41) is 21.3. The number of hydrogen-bond donors (Lipinski definition) is 3. The average molecular weight is 232 g/mol. The normalized spacial score (nSPS) is 23.6. The summed E-state index contributed by atoms with van der Waals surface area (Å²) < 4.78 is 5.40.